The van der Waals surface area contributed by atoms with Crippen LogP contribution in [0.4, 0.5) is 14.5 Å². The molecule has 0 unspecified atom stereocenters. The molecule has 0 atom stereocenters. The first kappa shape index (κ1) is 16.4. The maximum absolute atomic E-state index is 13.2. The maximum atomic E-state index is 13.2. The number of aromatic amines is 1. The molecule has 2 aromatic carbocycles. The molecule has 4 nitrogen and oxygen atoms in total. The highest BCUT2D eigenvalue weighted by molar-refractivity contribution is 5.96. The van der Waals surface area contributed by atoms with Crippen LogP contribution in [-0.2, 0) is 11.2 Å². The van der Waals surface area contributed by atoms with E-state index in [0.717, 1.165) is 29.7 Å². The van der Waals surface area contributed by atoms with Crippen LogP contribution in [0.1, 0.15) is 30.0 Å². The van der Waals surface area contributed by atoms with Crippen molar-refractivity contribution in [2.45, 2.75) is 25.2 Å². The number of carbonyl (C=O) groups excluding carboxylic acids is 1. The van der Waals surface area contributed by atoms with Gasteiger partial charge < -0.3 is 5.32 Å². The Morgan fingerprint density at radius 3 is 2.27 bits per heavy atom. The number of aromatic nitrogens is 2. The predicted molar refractivity (Wildman–Crippen MR) is 94.7 cm³/mol. The third-order valence-electron chi connectivity index (χ3n) is 4.44. The van der Waals surface area contributed by atoms with Gasteiger partial charge >= 0.3 is 0 Å². The van der Waals surface area contributed by atoms with Gasteiger partial charge in [0.15, 0.2) is 0 Å². The molecule has 0 spiro atoms. The highest BCUT2D eigenvalue weighted by Gasteiger charge is 2.30. The van der Waals surface area contributed by atoms with Crippen LogP contribution in [-0.4, -0.2) is 16.1 Å². The van der Waals surface area contributed by atoms with E-state index in [1.165, 1.54) is 24.3 Å². The Morgan fingerprint density at radius 2 is 1.65 bits per heavy atom. The average Bonchev–Trinajstić information content (AvgIpc) is 3.39. The Morgan fingerprint density at radius 1 is 1.04 bits per heavy atom. The largest absolute Gasteiger partial charge is 0.322 e. The summed E-state index contributed by atoms with van der Waals surface area (Å²) in [4.78, 5) is 12.5. The molecule has 1 aliphatic rings. The number of H-pyrrole nitrogens is 1. The zero-order valence-electron chi connectivity index (χ0n) is 13.9. The Balaban J connectivity index is 1.59. The number of hydrogen-bond donors (Lipinski definition) is 2. The van der Waals surface area contributed by atoms with Crippen LogP contribution in [0.5, 0.6) is 0 Å². The second kappa shape index (κ2) is 6.71. The van der Waals surface area contributed by atoms with Gasteiger partial charge in [-0.2, -0.15) is 5.10 Å². The van der Waals surface area contributed by atoms with E-state index in [-0.39, 0.29) is 24.0 Å². The van der Waals surface area contributed by atoms with Crippen molar-refractivity contribution in [1.82, 2.24) is 10.2 Å². The van der Waals surface area contributed by atoms with Crippen LogP contribution in [0.2, 0.25) is 0 Å². The molecule has 1 saturated carbocycles. The van der Waals surface area contributed by atoms with Crippen molar-refractivity contribution in [3.05, 3.63) is 71.4 Å². The van der Waals surface area contributed by atoms with Crippen molar-refractivity contribution in [1.29, 1.82) is 0 Å². The summed E-state index contributed by atoms with van der Waals surface area (Å²) >= 11 is 0. The van der Waals surface area contributed by atoms with Gasteiger partial charge in [-0.05, 0) is 54.8 Å². The van der Waals surface area contributed by atoms with E-state index in [9.17, 15) is 13.6 Å². The summed E-state index contributed by atoms with van der Waals surface area (Å²) in [7, 11) is 0. The summed E-state index contributed by atoms with van der Waals surface area (Å²) in [5.74, 6) is -0.506. The van der Waals surface area contributed by atoms with Gasteiger partial charge in [0.1, 0.15) is 17.3 Å². The molecule has 1 heterocycles. The monoisotopic (exact) mass is 353 g/mol. The SMILES string of the molecule is O=C(Cc1ccc(F)cc1)Nc1c(-c2ccc(F)cc2)n[nH]c1C1CC1. The quantitative estimate of drug-likeness (QED) is 0.714. The summed E-state index contributed by atoms with van der Waals surface area (Å²) in [5, 5.41) is 10.3. The van der Waals surface area contributed by atoms with Gasteiger partial charge in [-0.25, -0.2) is 8.78 Å². The molecule has 0 radical (unpaired) electrons. The van der Waals surface area contributed by atoms with Crippen molar-refractivity contribution in [3.8, 4) is 11.3 Å². The second-order valence-corrected chi connectivity index (χ2v) is 6.49. The first-order valence-corrected chi connectivity index (χ1v) is 8.48. The third kappa shape index (κ3) is 3.49. The van der Waals surface area contributed by atoms with Crippen LogP contribution in [0, 0.1) is 11.6 Å². The van der Waals surface area contributed by atoms with Crippen molar-refractivity contribution >= 4 is 11.6 Å². The minimum absolute atomic E-state index is 0.137. The normalized spacial score (nSPS) is 13.6. The number of halogens is 2. The number of benzene rings is 2. The Hall–Kier alpha value is -3.02. The lowest BCUT2D eigenvalue weighted by Crippen LogP contribution is -2.15. The minimum atomic E-state index is -0.335. The molecule has 1 aromatic heterocycles. The molecule has 1 aliphatic carbocycles. The number of anilines is 1. The van der Waals surface area contributed by atoms with Crippen LogP contribution >= 0.6 is 0 Å². The van der Waals surface area contributed by atoms with Crippen molar-refractivity contribution in [2.24, 2.45) is 0 Å². The molecule has 2 N–H and O–H groups in total. The first-order chi connectivity index (χ1) is 12.6. The fourth-order valence-electron chi connectivity index (χ4n) is 2.94. The first-order valence-electron chi connectivity index (χ1n) is 8.48. The lowest BCUT2D eigenvalue weighted by Gasteiger charge is -2.09. The van der Waals surface area contributed by atoms with Gasteiger partial charge in [0.05, 0.1) is 17.8 Å². The highest BCUT2D eigenvalue weighted by atomic mass is 19.1. The van der Waals surface area contributed by atoms with E-state index in [2.05, 4.69) is 15.5 Å². The predicted octanol–water partition coefficient (Wildman–Crippen LogP) is 4.41. The van der Waals surface area contributed by atoms with E-state index in [1.54, 1.807) is 24.3 Å². The molecule has 4 rings (SSSR count). The van der Waals surface area contributed by atoms with Crippen LogP contribution in [0.15, 0.2) is 48.5 Å². The summed E-state index contributed by atoms with van der Waals surface area (Å²) < 4.78 is 26.2. The zero-order valence-corrected chi connectivity index (χ0v) is 13.9. The number of nitrogens with one attached hydrogen (secondary N) is 2. The van der Waals surface area contributed by atoms with Crippen LogP contribution < -0.4 is 5.32 Å². The fraction of sp³-hybridized carbons (Fsp3) is 0.200. The third-order valence-corrected chi connectivity index (χ3v) is 4.44. The van der Waals surface area contributed by atoms with Gasteiger partial charge in [-0.3, -0.25) is 9.89 Å². The number of nitrogens with zero attached hydrogens (tertiary/aromatic N) is 1. The number of amides is 1. The topological polar surface area (TPSA) is 57.8 Å². The molecule has 3 aromatic rings. The molecule has 0 bridgehead atoms. The van der Waals surface area contributed by atoms with E-state index in [0.29, 0.717) is 17.3 Å². The van der Waals surface area contributed by atoms with E-state index >= 15 is 0 Å². The van der Waals surface area contributed by atoms with Crippen molar-refractivity contribution in [3.63, 3.8) is 0 Å². The van der Waals surface area contributed by atoms with Crippen molar-refractivity contribution in [2.75, 3.05) is 5.32 Å². The van der Waals surface area contributed by atoms with E-state index in [4.69, 9.17) is 0 Å². The van der Waals surface area contributed by atoms with Gasteiger partial charge in [0.25, 0.3) is 0 Å². The zero-order chi connectivity index (χ0) is 18.1. The Labute approximate surface area is 149 Å². The summed E-state index contributed by atoms with van der Waals surface area (Å²) in [6.07, 6.45) is 2.23. The highest BCUT2D eigenvalue weighted by Crippen LogP contribution is 2.45. The van der Waals surface area contributed by atoms with Gasteiger partial charge in [0, 0.05) is 11.5 Å². The molecule has 0 aliphatic heterocycles. The summed E-state index contributed by atoms with van der Waals surface area (Å²) in [6, 6.07) is 11.9. The Bertz CT molecular complexity index is 929. The average molecular weight is 353 g/mol. The molecular formula is C20H17F2N3O. The van der Waals surface area contributed by atoms with Gasteiger partial charge in [-0.1, -0.05) is 12.1 Å². The van der Waals surface area contributed by atoms with E-state index in [1.807, 2.05) is 0 Å². The molecule has 6 heteroatoms. The van der Waals surface area contributed by atoms with Gasteiger partial charge in [0.2, 0.25) is 5.91 Å². The number of hydrogen-bond acceptors (Lipinski definition) is 2. The lowest BCUT2D eigenvalue weighted by atomic mass is 10.1. The molecule has 1 fully saturated rings. The summed E-state index contributed by atoms with van der Waals surface area (Å²) in [5.41, 5.74) is 3.60. The molecule has 26 heavy (non-hydrogen) atoms. The van der Waals surface area contributed by atoms with E-state index < -0.39 is 0 Å². The molecule has 1 amide bonds. The second-order valence-electron chi connectivity index (χ2n) is 6.49. The lowest BCUT2D eigenvalue weighted by molar-refractivity contribution is -0.115. The smallest absolute Gasteiger partial charge is 0.228 e. The minimum Gasteiger partial charge on any atom is -0.322 e. The van der Waals surface area contributed by atoms with Crippen LogP contribution in [0.3, 0.4) is 0 Å². The molecular weight excluding hydrogens is 336 g/mol. The molecule has 0 saturated heterocycles. The fourth-order valence-corrected chi connectivity index (χ4v) is 2.94. The van der Waals surface area contributed by atoms with Crippen LogP contribution in [0.25, 0.3) is 11.3 Å². The standard InChI is InChI=1S/C20H17F2N3O/c21-15-7-1-12(2-8-15)11-17(26)23-20-18(13-3-4-13)24-25-19(20)14-5-9-16(22)10-6-14/h1-2,5-10,13H,3-4,11H2,(H,23,26)(H,24,25). The maximum Gasteiger partial charge on any atom is 0.228 e. The Kier molecular flexibility index (Phi) is 4.24. The molecule has 132 valence electrons. The van der Waals surface area contributed by atoms with Crippen molar-refractivity contribution < 1.29 is 13.6 Å². The summed E-state index contributed by atoms with van der Waals surface area (Å²) in [6.45, 7) is 0. The van der Waals surface area contributed by atoms with Gasteiger partial charge in [-0.15, -0.1) is 0 Å². The number of carbonyl (C=O) groups is 1. The number of rotatable bonds is 5.